The normalized spacial score (nSPS) is 10.8. The fourth-order valence-electron chi connectivity index (χ4n) is 2.04. The predicted octanol–water partition coefficient (Wildman–Crippen LogP) is 0.715. The third-order valence-corrected chi connectivity index (χ3v) is 3.45. The number of methoxy groups -OCH3 is 2. The molecule has 0 fully saturated rings. The van der Waals surface area contributed by atoms with E-state index < -0.39 is 11.8 Å². The first-order valence-corrected chi connectivity index (χ1v) is 7.86. The van der Waals surface area contributed by atoms with E-state index in [-0.39, 0.29) is 34.1 Å². The van der Waals surface area contributed by atoms with Crippen molar-refractivity contribution in [3.05, 3.63) is 47.5 Å². The molecule has 0 bridgehead atoms. The molecule has 2 aromatic carbocycles. The minimum Gasteiger partial charge on any atom is -0.504 e. The number of phenolic OH excluding ortho intramolecular Hbond substituents is 2. The Bertz CT molecular complexity index is 851. The van der Waals surface area contributed by atoms with Gasteiger partial charge in [-0.2, -0.15) is 10.2 Å². The van der Waals surface area contributed by atoms with Crippen LogP contribution in [0, 0.1) is 0 Å². The van der Waals surface area contributed by atoms with Crippen molar-refractivity contribution in [3.63, 3.8) is 0 Å². The summed E-state index contributed by atoms with van der Waals surface area (Å²) in [4.78, 5) is 23.4. The molecule has 0 saturated carbocycles. The molecule has 2 rings (SSSR count). The Morgan fingerprint density at radius 2 is 1.21 bits per heavy atom. The molecular weight excluding hydrogens is 368 g/mol. The molecule has 0 aromatic heterocycles. The maximum absolute atomic E-state index is 11.7. The Morgan fingerprint density at radius 3 is 1.57 bits per heavy atom. The largest absolute Gasteiger partial charge is 0.504 e. The minimum absolute atomic E-state index is 0.157. The van der Waals surface area contributed by atoms with Gasteiger partial charge in [-0.1, -0.05) is 12.1 Å². The van der Waals surface area contributed by atoms with Crippen LogP contribution in [0.5, 0.6) is 23.0 Å². The van der Waals surface area contributed by atoms with Crippen molar-refractivity contribution in [3.8, 4) is 23.0 Å². The molecule has 0 unspecified atom stereocenters. The van der Waals surface area contributed by atoms with Gasteiger partial charge in [-0.3, -0.25) is 9.59 Å². The zero-order valence-electron chi connectivity index (χ0n) is 15.0. The number of carbonyl (C=O) groups excluding carboxylic acids is 2. The van der Waals surface area contributed by atoms with Crippen LogP contribution in [0.3, 0.4) is 0 Å². The molecule has 0 radical (unpaired) electrons. The number of rotatable bonds is 6. The number of nitrogens with zero attached hydrogens (tertiary/aromatic N) is 2. The van der Waals surface area contributed by atoms with E-state index in [1.807, 2.05) is 10.9 Å². The third-order valence-electron chi connectivity index (χ3n) is 3.45. The smallest absolute Gasteiger partial charge is 0.331 e. The Hall–Kier alpha value is -4.08. The van der Waals surface area contributed by atoms with E-state index >= 15 is 0 Å². The van der Waals surface area contributed by atoms with Crippen LogP contribution in [0.15, 0.2) is 46.6 Å². The second-order valence-electron chi connectivity index (χ2n) is 5.19. The van der Waals surface area contributed by atoms with Crippen LogP contribution < -0.4 is 20.3 Å². The summed E-state index contributed by atoms with van der Waals surface area (Å²) in [6.07, 6.45) is 2.31. The Morgan fingerprint density at radius 1 is 0.821 bits per heavy atom. The van der Waals surface area contributed by atoms with E-state index in [2.05, 4.69) is 10.2 Å². The van der Waals surface area contributed by atoms with Crippen LogP contribution in [0.25, 0.3) is 0 Å². The fraction of sp³-hybridized carbons (Fsp3) is 0.111. The van der Waals surface area contributed by atoms with Crippen molar-refractivity contribution in [1.82, 2.24) is 10.9 Å². The molecule has 2 aromatic rings. The van der Waals surface area contributed by atoms with Gasteiger partial charge in [0.05, 0.1) is 26.6 Å². The second-order valence-corrected chi connectivity index (χ2v) is 5.19. The number of ether oxygens (including phenoxy) is 2. The number of hydrogen-bond donors (Lipinski definition) is 4. The average Bonchev–Trinajstić information content (AvgIpc) is 2.70. The molecule has 10 heteroatoms. The Balaban J connectivity index is 1.92. The van der Waals surface area contributed by atoms with Gasteiger partial charge < -0.3 is 19.7 Å². The molecule has 2 amide bonds. The van der Waals surface area contributed by atoms with Crippen LogP contribution in [0.1, 0.15) is 11.1 Å². The molecule has 28 heavy (non-hydrogen) atoms. The van der Waals surface area contributed by atoms with Gasteiger partial charge in [0.15, 0.2) is 23.0 Å². The van der Waals surface area contributed by atoms with Gasteiger partial charge in [0, 0.05) is 11.1 Å². The summed E-state index contributed by atoms with van der Waals surface area (Å²) in [5.41, 5.74) is 4.56. The van der Waals surface area contributed by atoms with Crippen molar-refractivity contribution >= 4 is 24.2 Å². The summed E-state index contributed by atoms with van der Waals surface area (Å²) in [6, 6.07) is 9.43. The highest BCUT2D eigenvalue weighted by Gasteiger charge is 2.12. The van der Waals surface area contributed by atoms with E-state index in [1.165, 1.54) is 14.2 Å². The van der Waals surface area contributed by atoms with Crippen molar-refractivity contribution in [2.45, 2.75) is 0 Å². The average molecular weight is 386 g/mol. The summed E-state index contributed by atoms with van der Waals surface area (Å²) in [7, 11) is 2.79. The number of hydrogen-bond acceptors (Lipinski definition) is 8. The Labute approximate surface area is 160 Å². The predicted molar refractivity (Wildman–Crippen MR) is 101 cm³/mol. The van der Waals surface area contributed by atoms with Crippen LogP contribution in [-0.2, 0) is 9.59 Å². The van der Waals surface area contributed by atoms with Gasteiger partial charge in [0.1, 0.15) is 0 Å². The first-order valence-electron chi connectivity index (χ1n) is 7.86. The summed E-state index contributed by atoms with van der Waals surface area (Å²) in [5.74, 6) is -1.99. The standard InChI is InChI=1S/C18H18N4O6/c1-27-13-7-3-5-11(15(13)23)9-19-21-17(25)18(26)22-20-10-12-6-4-8-14(28-2)16(12)24/h3-10,23-24H,1-2H3,(H,21,25)(H,22,26)/b19-9+,20-10?. The van der Waals surface area contributed by atoms with Gasteiger partial charge in [0.2, 0.25) is 0 Å². The lowest BCUT2D eigenvalue weighted by molar-refractivity contribution is -0.139. The highest BCUT2D eigenvalue weighted by atomic mass is 16.5. The number of nitrogens with one attached hydrogen (secondary N) is 2. The van der Waals surface area contributed by atoms with Gasteiger partial charge in [-0.05, 0) is 24.3 Å². The van der Waals surface area contributed by atoms with E-state index in [0.717, 1.165) is 12.4 Å². The number of phenols is 2. The lowest BCUT2D eigenvalue weighted by atomic mass is 10.2. The molecule has 0 aliphatic rings. The number of para-hydroxylation sites is 2. The van der Waals surface area contributed by atoms with Gasteiger partial charge in [-0.25, -0.2) is 10.9 Å². The van der Waals surface area contributed by atoms with Crippen molar-refractivity contribution < 1.29 is 29.3 Å². The zero-order valence-corrected chi connectivity index (χ0v) is 15.0. The van der Waals surface area contributed by atoms with Gasteiger partial charge >= 0.3 is 11.8 Å². The summed E-state index contributed by atoms with van der Waals surface area (Å²) in [6.45, 7) is 0. The van der Waals surface area contributed by atoms with Crippen LogP contribution in [0.4, 0.5) is 0 Å². The van der Waals surface area contributed by atoms with Crippen molar-refractivity contribution in [2.75, 3.05) is 14.2 Å². The van der Waals surface area contributed by atoms with E-state index in [0.29, 0.717) is 0 Å². The second kappa shape index (κ2) is 9.57. The maximum Gasteiger partial charge on any atom is 0.331 e. The number of amides is 2. The topological polar surface area (TPSA) is 142 Å². The Kier molecular flexibility index (Phi) is 6.92. The minimum atomic E-state index is -1.08. The SMILES string of the molecule is COc1cccc(C=NNC(=O)C(=O)N/N=C/c2cccc(OC)c2O)c1O. The highest BCUT2D eigenvalue weighted by molar-refractivity contribution is 6.35. The number of carbonyl (C=O) groups is 2. The summed E-state index contributed by atoms with van der Waals surface area (Å²) < 4.78 is 9.90. The molecule has 0 atom stereocenters. The molecule has 0 spiro atoms. The molecule has 10 nitrogen and oxygen atoms in total. The lowest BCUT2D eigenvalue weighted by Crippen LogP contribution is -2.35. The molecule has 0 saturated heterocycles. The number of benzene rings is 2. The summed E-state index contributed by atoms with van der Waals surface area (Å²) >= 11 is 0. The van der Waals surface area contributed by atoms with Crippen molar-refractivity contribution in [1.29, 1.82) is 0 Å². The fourth-order valence-corrected chi connectivity index (χ4v) is 2.04. The lowest BCUT2D eigenvalue weighted by Gasteiger charge is -2.05. The van der Waals surface area contributed by atoms with E-state index in [9.17, 15) is 19.8 Å². The molecule has 0 aliphatic heterocycles. The van der Waals surface area contributed by atoms with E-state index in [1.54, 1.807) is 36.4 Å². The van der Waals surface area contributed by atoms with Crippen LogP contribution >= 0.6 is 0 Å². The van der Waals surface area contributed by atoms with Gasteiger partial charge in [-0.15, -0.1) is 0 Å². The molecule has 146 valence electrons. The third kappa shape index (κ3) is 4.97. The molecule has 0 heterocycles. The van der Waals surface area contributed by atoms with Crippen molar-refractivity contribution in [2.24, 2.45) is 10.2 Å². The van der Waals surface area contributed by atoms with E-state index in [4.69, 9.17) is 9.47 Å². The van der Waals surface area contributed by atoms with Crippen LogP contribution in [-0.4, -0.2) is 48.7 Å². The van der Waals surface area contributed by atoms with Gasteiger partial charge in [0.25, 0.3) is 0 Å². The number of hydrazone groups is 2. The summed E-state index contributed by atoms with van der Waals surface area (Å²) in [5, 5.41) is 27.0. The molecule has 0 aliphatic carbocycles. The first kappa shape index (κ1) is 20.2. The highest BCUT2D eigenvalue weighted by Crippen LogP contribution is 2.28. The maximum atomic E-state index is 11.7. The molecular formula is C18H18N4O6. The van der Waals surface area contributed by atoms with Crippen LogP contribution in [0.2, 0.25) is 0 Å². The molecule has 4 N–H and O–H groups in total. The first-order chi connectivity index (χ1) is 13.5. The zero-order chi connectivity index (χ0) is 20.5. The number of aromatic hydroxyl groups is 2. The quantitative estimate of drug-likeness (QED) is 0.327. The monoisotopic (exact) mass is 386 g/mol.